The molecule has 28 heavy (non-hydrogen) atoms. The minimum atomic E-state index is -3.66. The van der Waals surface area contributed by atoms with Crippen molar-refractivity contribution in [1.82, 2.24) is 9.29 Å². The molecule has 11 heteroatoms. The van der Waals surface area contributed by atoms with E-state index >= 15 is 0 Å². The van der Waals surface area contributed by atoms with Crippen molar-refractivity contribution in [1.29, 1.82) is 0 Å². The topological polar surface area (TPSA) is 118 Å². The molecule has 3 rings (SSSR count). The molecule has 2 heterocycles. The summed E-state index contributed by atoms with van der Waals surface area (Å²) in [4.78, 5) is 20.7. The molecule has 1 atom stereocenters. The number of nitrogens with zero attached hydrogens (tertiary/aromatic N) is 3. The Balaban J connectivity index is 1.96. The van der Waals surface area contributed by atoms with Gasteiger partial charge in [0.25, 0.3) is 5.91 Å². The summed E-state index contributed by atoms with van der Waals surface area (Å²) >= 11 is 12.1. The summed E-state index contributed by atoms with van der Waals surface area (Å²) in [6.07, 6.45) is 1.37. The quantitative estimate of drug-likeness (QED) is 0.757. The lowest BCUT2D eigenvalue weighted by molar-refractivity contribution is 0.102. The number of rotatable bonds is 3. The SMILES string of the molecule is CN1C(N)=NC(C)(c2cc(NC(=O)c3ccc(Cl)cn3)ccc2Cl)CS1(=O)=O. The van der Waals surface area contributed by atoms with Crippen LogP contribution in [0.25, 0.3) is 0 Å². The number of carbonyl (C=O) groups is 1. The lowest BCUT2D eigenvalue weighted by Crippen LogP contribution is -2.50. The van der Waals surface area contributed by atoms with E-state index in [9.17, 15) is 13.2 Å². The number of anilines is 1. The van der Waals surface area contributed by atoms with Gasteiger partial charge < -0.3 is 11.1 Å². The lowest BCUT2D eigenvalue weighted by atomic mass is 9.94. The van der Waals surface area contributed by atoms with E-state index in [4.69, 9.17) is 28.9 Å². The molecule has 0 fully saturated rings. The zero-order valence-corrected chi connectivity index (χ0v) is 17.3. The maximum atomic E-state index is 12.4. The summed E-state index contributed by atoms with van der Waals surface area (Å²) in [6.45, 7) is 1.62. The first-order valence-corrected chi connectivity index (χ1v) is 10.4. The average Bonchev–Trinajstić information content (AvgIpc) is 2.61. The molecule has 1 aliphatic rings. The van der Waals surface area contributed by atoms with E-state index in [1.54, 1.807) is 31.2 Å². The highest BCUT2D eigenvalue weighted by atomic mass is 35.5. The minimum Gasteiger partial charge on any atom is -0.369 e. The Morgan fingerprint density at radius 3 is 2.61 bits per heavy atom. The van der Waals surface area contributed by atoms with Crippen LogP contribution in [0.2, 0.25) is 10.0 Å². The Morgan fingerprint density at radius 1 is 1.29 bits per heavy atom. The summed E-state index contributed by atoms with van der Waals surface area (Å²) in [6, 6.07) is 7.78. The highest BCUT2D eigenvalue weighted by Crippen LogP contribution is 2.37. The van der Waals surface area contributed by atoms with Gasteiger partial charge in [-0.05, 0) is 37.3 Å². The number of sulfonamides is 1. The molecule has 0 aliphatic carbocycles. The molecule has 1 aromatic heterocycles. The van der Waals surface area contributed by atoms with Crippen LogP contribution < -0.4 is 11.1 Å². The van der Waals surface area contributed by atoms with E-state index in [1.165, 1.54) is 19.3 Å². The van der Waals surface area contributed by atoms with Gasteiger partial charge in [-0.1, -0.05) is 23.2 Å². The molecule has 0 saturated heterocycles. The van der Waals surface area contributed by atoms with Gasteiger partial charge in [-0.15, -0.1) is 0 Å². The molecular formula is C17H17Cl2N5O3S. The third-order valence-electron chi connectivity index (χ3n) is 4.33. The van der Waals surface area contributed by atoms with Gasteiger partial charge in [-0.2, -0.15) is 0 Å². The molecule has 8 nitrogen and oxygen atoms in total. The number of benzene rings is 1. The molecule has 1 aromatic carbocycles. The van der Waals surface area contributed by atoms with Crippen molar-refractivity contribution in [3.05, 3.63) is 57.8 Å². The first-order chi connectivity index (χ1) is 13.0. The summed E-state index contributed by atoms with van der Waals surface area (Å²) in [5.74, 6) is -0.897. The molecule has 0 bridgehead atoms. The number of halogens is 2. The fraction of sp³-hybridized carbons (Fsp3) is 0.235. The third-order valence-corrected chi connectivity index (χ3v) is 6.83. The fourth-order valence-corrected chi connectivity index (χ4v) is 4.69. The number of carbonyl (C=O) groups excluding carboxylic acids is 1. The Morgan fingerprint density at radius 2 is 2.00 bits per heavy atom. The molecule has 1 unspecified atom stereocenters. The molecule has 1 aliphatic heterocycles. The number of nitrogens with one attached hydrogen (secondary N) is 1. The van der Waals surface area contributed by atoms with Crippen LogP contribution in [0.5, 0.6) is 0 Å². The van der Waals surface area contributed by atoms with Crippen LogP contribution >= 0.6 is 23.2 Å². The number of amides is 1. The predicted molar refractivity (Wildman–Crippen MR) is 109 cm³/mol. The molecule has 3 N–H and O–H groups in total. The number of guanidine groups is 1. The van der Waals surface area contributed by atoms with Gasteiger partial charge in [0.1, 0.15) is 11.2 Å². The standard InChI is InChI=1S/C17H17Cl2N5O3S/c1-17(9-28(26,27)24(2)16(20)23-17)12-7-11(4-5-13(12)19)22-15(25)14-6-3-10(18)8-21-14/h3-8H,9H2,1-2H3,(H2,20,23)(H,22,25). The highest BCUT2D eigenvalue weighted by Gasteiger charge is 2.41. The van der Waals surface area contributed by atoms with E-state index in [1.807, 2.05) is 0 Å². The van der Waals surface area contributed by atoms with Crippen LogP contribution in [0.1, 0.15) is 23.0 Å². The van der Waals surface area contributed by atoms with Crippen molar-refractivity contribution < 1.29 is 13.2 Å². The number of aromatic nitrogens is 1. The number of nitrogens with two attached hydrogens (primary N) is 1. The summed E-state index contributed by atoms with van der Waals surface area (Å²) in [5.41, 5.74) is 5.60. The smallest absolute Gasteiger partial charge is 0.274 e. The minimum absolute atomic E-state index is 0.135. The largest absolute Gasteiger partial charge is 0.369 e. The Hall–Kier alpha value is -2.36. The average molecular weight is 442 g/mol. The molecule has 2 aromatic rings. The van der Waals surface area contributed by atoms with Gasteiger partial charge >= 0.3 is 0 Å². The molecule has 0 saturated carbocycles. The van der Waals surface area contributed by atoms with E-state index in [-0.39, 0.29) is 17.4 Å². The van der Waals surface area contributed by atoms with Crippen LogP contribution in [-0.4, -0.2) is 42.4 Å². The van der Waals surface area contributed by atoms with E-state index < -0.39 is 21.5 Å². The Kier molecular flexibility index (Phi) is 5.26. The number of aliphatic imine (C=N–C) groups is 1. The lowest BCUT2D eigenvalue weighted by Gasteiger charge is -2.35. The predicted octanol–water partition coefficient (Wildman–Crippen LogP) is 2.45. The van der Waals surface area contributed by atoms with Crippen LogP contribution in [0, 0.1) is 0 Å². The van der Waals surface area contributed by atoms with Gasteiger partial charge in [0.15, 0.2) is 0 Å². The van der Waals surface area contributed by atoms with Gasteiger partial charge in [0.2, 0.25) is 16.0 Å². The van der Waals surface area contributed by atoms with Crippen molar-refractivity contribution in [3.8, 4) is 0 Å². The van der Waals surface area contributed by atoms with Crippen LogP contribution in [-0.2, 0) is 15.6 Å². The van der Waals surface area contributed by atoms with Crippen LogP contribution in [0.3, 0.4) is 0 Å². The maximum absolute atomic E-state index is 12.4. The monoisotopic (exact) mass is 441 g/mol. The highest BCUT2D eigenvalue weighted by molar-refractivity contribution is 7.89. The molecule has 0 radical (unpaired) electrons. The first kappa shape index (κ1) is 20.4. The maximum Gasteiger partial charge on any atom is 0.274 e. The third kappa shape index (κ3) is 3.91. The van der Waals surface area contributed by atoms with E-state index in [0.29, 0.717) is 21.3 Å². The zero-order chi connectivity index (χ0) is 20.7. The van der Waals surface area contributed by atoms with Crippen molar-refractivity contribution in [2.45, 2.75) is 12.5 Å². The van der Waals surface area contributed by atoms with Gasteiger partial charge in [-0.3, -0.25) is 4.79 Å². The van der Waals surface area contributed by atoms with E-state index in [2.05, 4.69) is 15.3 Å². The van der Waals surface area contributed by atoms with Crippen LogP contribution in [0.4, 0.5) is 5.69 Å². The van der Waals surface area contributed by atoms with Gasteiger partial charge in [0.05, 0.1) is 10.8 Å². The molecule has 0 spiro atoms. The number of hydrogen-bond acceptors (Lipinski definition) is 6. The second kappa shape index (κ2) is 7.23. The second-order valence-electron chi connectivity index (χ2n) is 6.48. The summed E-state index contributed by atoms with van der Waals surface area (Å²) < 4.78 is 25.7. The zero-order valence-electron chi connectivity index (χ0n) is 15.0. The summed E-state index contributed by atoms with van der Waals surface area (Å²) in [7, 11) is -2.32. The first-order valence-electron chi connectivity index (χ1n) is 8.07. The molecule has 148 valence electrons. The normalized spacial score (nSPS) is 21.1. The number of hydrogen-bond donors (Lipinski definition) is 2. The Bertz CT molecular complexity index is 1070. The van der Waals surface area contributed by atoms with Crippen LogP contribution in [0.15, 0.2) is 41.5 Å². The van der Waals surface area contributed by atoms with Gasteiger partial charge in [-0.25, -0.2) is 22.7 Å². The van der Waals surface area contributed by atoms with Crippen molar-refractivity contribution >= 4 is 50.8 Å². The fourth-order valence-electron chi connectivity index (χ4n) is 2.81. The van der Waals surface area contributed by atoms with Crippen molar-refractivity contribution in [2.75, 3.05) is 18.1 Å². The molecular weight excluding hydrogens is 425 g/mol. The summed E-state index contributed by atoms with van der Waals surface area (Å²) in [5, 5.41) is 3.42. The Labute approximate surface area is 172 Å². The number of pyridine rings is 1. The van der Waals surface area contributed by atoms with Gasteiger partial charge in [0, 0.05) is 29.5 Å². The van der Waals surface area contributed by atoms with Crippen molar-refractivity contribution in [3.63, 3.8) is 0 Å². The molecule has 1 amide bonds. The van der Waals surface area contributed by atoms with E-state index in [0.717, 1.165) is 4.31 Å². The van der Waals surface area contributed by atoms with Crippen molar-refractivity contribution in [2.24, 2.45) is 10.7 Å². The second-order valence-corrected chi connectivity index (χ2v) is 9.32.